The molecule has 240 valence electrons. The SMILES string of the molecule is C.CCOC(=O)c1ccc(Cl)nc1.CCOC(=O)c1ccc(Oc2ccc3c(c2)B(O)OC3)nc1.OB1OCc2ccc(O)cc21. The van der Waals surface area contributed by atoms with E-state index in [0.29, 0.717) is 65.3 Å². The van der Waals surface area contributed by atoms with Crippen molar-refractivity contribution in [3.8, 4) is 17.4 Å². The van der Waals surface area contributed by atoms with Crippen LogP contribution in [0.3, 0.4) is 0 Å². The van der Waals surface area contributed by atoms with Gasteiger partial charge in [-0.2, -0.15) is 0 Å². The number of carbonyl (C=O) groups is 2. The Morgan fingerprint density at radius 2 is 1.35 bits per heavy atom. The molecule has 2 aromatic carbocycles. The van der Waals surface area contributed by atoms with E-state index in [9.17, 15) is 19.6 Å². The zero-order valence-corrected chi connectivity index (χ0v) is 25.1. The van der Waals surface area contributed by atoms with Gasteiger partial charge in [0.05, 0.1) is 37.6 Å². The Kier molecular flexibility index (Phi) is 13.5. The molecule has 46 heavy (non-hydrogen) atoms. The average Bonchev–Trinajstić information content (AvgIpc) is 3.60. The van der Waals surface area contributed by atoms with Crippen LogP contribution in [0.15, 0.2) is 73.1 Å². The molecule has 0 bridgehead atoms. The number of aromatic hydroxyl groups is 1. The maximum Gasteiger partial charge on any atom is 0.491 e. The number of hydrogen-bond acceptors (Lipinski definition) is 12. The van der Waals surface area contributed by atoms with Gasteiger partial charge in [-0.3, -0.25) is 0 Å². The third-order valence-corrected chi connectivity index (χ3v) is 6.50. The van der Waals surface area contributed by atoms with Crippen LogP contribution in [-0.2, 0) is 32.0 Å². The average molecular weight is 651 g/mol. The van der Waals surface area contributed by atoms with Gasteiger partial charge in [-0.25, -0.2) is 19.6 Å². The van der Waals surface area contributed by atoms with Crippen molar-refractivity contribution in [1.29, 1.82) is 0 Å². The van der Waals surface area contributed by atoms with Gasteiger partial charge in [0.15, 0.2) is 0 Å². The van der Waals surface area contributed by atoms with E-state index in [2.05, 4.69) is 9.97 Å². The number of ether oxygens (including phenoxy) is 3. The minimum atomic E-state index is -0.919. The summed E-state index contributed by atoms with van der Waals surface area (Å²) in [7, 11) is -1.78. The normalized spacial score (nSPS) is 12.3. The van der Waals surface area contributed by atoms with Gasteiger partial charge in [0.25, 0.3) is 0 Å². The number of rotatable bonds is 6. The summed E-state index contributed by atoms with van der Waals surface area (Å²) >= 11 is 5.53. The number of phenols is 1. The van der Waals surface area contributed by atoms with Crippen LogP contribution in [0.5, 0.6) is 17.4 Å². The van der Waals surface area contributed by atoms with Crippen LogP contribution in [0.1, 0.15) is 53.1 Å². The first-order valence-electron chi connectivity index (χ1n) is 13.8. The standard InChI is InChI=1S/C15H14BNO5.C8H8ClNO2.C7H7BO3.CH4/c1-2-20-15(18)10-4-6-14(17-8-10)22-12-5-3-11-9-21-16(19)13(11)7-12;1-2-12-8(11)6-3-4-7(9)10-5-6;9-6-2-1-5-4-11-8(10)7(5)3-6;/h3-8,19H,2,9H2,1H3;3-5H,2H2,1H3;1-3,9-10H,4H2;1H4. The molecule has 3 N–H and O–H groups in total. The summed E-state index contributed by atoms with van der Waals surface area (Å²) in [4.78, 5) is 30.4. The van der Waals surface area contributed by atoms with E-state index in [1.165, 1.54) is 18.5 Å². The lowest BCUT2D eigenvalue weighted by Gasteiger charge is -2.07. The van der Waals surface area contributed by atoms with Gasteiger partial charge in [0.2, 0.25) is 5.88 Å². The second-order valence-electron chi connectivity index (χ2n) is 9.37. The smallest absolute Gasteiger partial charge is 0.491 e. The van der Waals surface area contributed by atoms with Gasteiger partial charge in [-0.1, -0.05) is 31.2 Å². The summed E-state index contributed by atoms with van der Waals surface area (Å²) < 4.78 is 25.3. The molecule has 0 amide bonds. The monoisotopic (exact) mass is 650 g/mol. The van der Waals surface area contributed by atoms with Gasteiger partial charge in [-0.05, 0) is 78.4 Å². The lowest BCUT2D eigenvalue weighted by molar-refractivity contribution is 0.0516. The zero-order valence-electron chi connectivity index (χ0n) is 24.4. The Bertz CT molecular complexity index is 1610. The summed E-state index contributed by atoms with van der Waals surface area (Å²) in [5, 5.41) is 28.3. The van der Waals surface area contributed by atoms with E-state index in [-0.39, 0.29) is 19.1 Å². The van der Waals surface area contributed by atoms with Crippen molar-refractivity contribution >= 4 is 48.7 Å². The number of nitrogens with zero attached hydrogens (tertiary/aromatic N) is 2. The van der Waals surface area contributed by atoms with Crippen molar-refractivity contribution in [1.82, 2.24) is 9.97 Å². The molecule has 0 fully saturated rings. The van der Waals surface area contributed by atoms with E-state index < -0.39 is 20.2 Å². The highest BCUT2D eigenvalue weighted by atomic mass is 35.5. The second-order valence-corrected chi connectivity index (χ2v) is 9.76. The van der Waals surface area contributed by atoms with Gasteiger partial charge in [-0.15, -0.1) is 0 Å². The number of carbonyl (C=O) groups excluding carboxylic acids is 2. The Labute approximate surface area is 272 Å². The molecule has 2 aliphatic rings. The molecular weight excluding hydrogens is 617 g/mol. The molecule has 0 radical (unpaired) electrons. The van der Waals surface area contributed by atoms with Crippen LogP contribution in [-0.4, -0.2) is 64.5 Å². The Morgan fingerprint density at radius 1 is 0.804 bits per heavy atom. The first kappa shape index (κ1) is 36.0. The molecule has 15 heteroatoms. The van der Waals surface area contributed by atoms with Crippen LogP contribution in [0.4, 0.5) is 0 Å². The zero-order chi connectivity index (χ0) is 32.3. The lowest BCUT2D eigenvalue weighted by Crippen LogP contribution is -2.27. The topological polar surface area (TPSA) is 167 Å². The predicted molar refractivity (Wildman–Crippen MR) is 172 cm³/mol. The summed E-state index contributed by atoms with van der Waals surface area (Å²) in [6.07, 6.45) is 2.79. The number of fused-ring (bicyclic) bond motifs is 2. The maximum absolute atomic E-state index is 11.5. The van der Waals surface area contributed by atoms with Gasteiger partial charge in [0.1, 0.15) is 16.7 Å². The molecule has 0 spiro atoms. The molecule has 0 saturated carbocycles. The maximum atomic E-state index is 11.5. The number of halogens is 1. The van der Waals surface area contributed by atoms with Crippen LogP contribution in [0.2, 0.25) is 5.15 Å². The number of aromatic nitrogens is 2. The molecule has 2 aromatic heterocycles. The number of phenolic OH excluding ortho intramolecular Hbond substituents is 1. The molecule has 6 rings (SSSR count). The molecule has 4 aromatic rings. The second kappa shape index (κ2) is 17.3. The highest BCUT2D eigenvalue weighted by Crippen LogP contribution is 2.22. The van der Waals surface area contributed by atoms with Crippen LogP contribution >= 0.6 is 11.6 Å². The fourth-order valence-electron chi connectivity index (χ4n) is 4.07. The largest absolute Gasteiger partial charge is 0.508 e. The van der Waals surface area contributed by atoms with Crippen LogP contribution in [0, 0.1) is 0 Å². The van der Waals surface area contributed by atoms with Gasteiger partial charge < -0.3 is 38.7 Å². The molecule has 12 nitrogen and oxygen atoms in total. The highest BCUT2D eigenvalue weighted by molar-refractivity contribution is 6.62. The van der Waals surface area contributed by atoms with Crippen LogP contribution in [0.25, 0.3) is 0 Å². The molecule has 0 atom stereocenters. The minimum Gasteiger partial charge on any atom is -0.508 e. The van der Waals surface area contributed by atoms with E-state index in [1.54, 1.807) is 62.4 Å². The first-order chi connectivity index (χ1) is 21.7. The predicted octanol–water partition coefficient (Wildman–Crippen LogP) is 3.43. The Hall–Kier alpha value is -4.46. The molecule has 2 aliphatic heterocycles. The number of benzene rings is 2. The summed E-state index contributed by atoms with van der Waals surface area (Å²) in [6.45, 7) is 4.99. The number of pyridine rings is 2. The molecule has 0 saturated heterocycles. The van der Waals surface area contributed by atoms with E-state index in [1.807, 2.05) is 6.07 Å². The van der Waals surface area contributed by atoms with E-state index >= 15 is 0 Å². The Balaban J connectivity index is 0.000000203. The van der Waals surface area contributed by atoms with Crippen LogP contribution < -0.4 is 15.7 Å². The van der Waals surface area contributed by atoms with E-state index in [0.717, 1.165) is 11.1 Å². The number of esters is 2. The van der Waals surface area contributed by atoms with Crippen molar-refractivity contribution in [2.75, 3.05) is 13.2 Å². The van der Waals surface area contributed by atoms with Crippen molar-refractivity contribution in [2.24, 2.45) is 0 Å². The fraction of sp³-hybridized carbons (Fsp3) is 0.226. The first-order valence-corrected chi connectivity index (χ1v) is 14.2. The summed E-state index contributed by atoms with van der Waals surface area (Å²) in [6, 6.07) is 16.5. The molecular formula is C31H33B2ClN2O10. The van der Waals surface area contributed by atoms with E-state index in [4.69, 9.17) is 40.2 Å². The quantitative estimate of drug-likeness (QED) is 0.158. The number of hydrogen-bond donors (Lipinski definition) is 3. The van der Waals surface area contributed by atoms with Gasteiger partial charge >= 0.3 is 26.2 Å². The lowest BCUT2D eigenvalue weighted by atomic mass is 9.79. The molecule has 0 unspecified atom stereocenters. The highest BCUT2D eigenvalue weighted by Gasteiger charge is 2.28. The fourth-order valence-corrected chi connectivity index (χ4v) is 4.18. The van der Waals surface area contributed by atoms with Gasteiger partial charge in [0, 0.05) is 18.5 Å². The summed E-state index contributed by atoms with van der Waals surface area (Å²) in [5.41, 5.74) is 4.03. The van der Waals surface area contributed by atoms with Crippen molar-refractivity contribution in [2.45, 2.75) is 34.5 Å². The molecule has 0 aliphatic carbocycles. The van der Waals surface area contributed by atoms with Crippen molar-refractivity contribution in [3.05, 3.63) is 100 Å². The molecule has 4 heterocycles. The third-order valence-electron chi connectivity index (χ3n) is 6.28. The van der Waals surface area contributed by atoms with Crippen molar-refractivity contribution in [3.63, 3.8) is 0 Å². The minimum absolute atomic E-state index is 0. The third kappa shape index (κ3) is 9.77. The van der Waals surface area contributed by atoms with Crippen molar-refractivity contribution < 1.29 is 48.3 Å². The summed E-state index contributed by atoms with van der Waals surface area (Å²) in [5.74, 6) is 0.260. The Morgan fingerprint density at radius 3 is 1.87 bits per heavy atom.